The Labute approximate surface area is 190 Å². The lowest BCUT2D eigenvalue weighted by Gasteiger charge is -2.42. The molecule has 2 bridgehead atoms. The highest BCUT2D eigenvalue weighted by atomic mass is 32.1. The van der Waals surface area contributed by atoms with Crippen molar-refractivity contribution < 1.29 is 9.53 Å². The summed E-state index contributed by atoms with van der Waals surface area (Å²) >= 11 is 1.67. The lowest BCUT2D eigenvalue weighted by molar-refractivity contribution is 0.139. The van der Waals surface area contributed by atoms with Crippen LogP contribution >= 0.6 is 11.3 Å². The van der Waals surface area contributed by atoms with Crippen molar-refractivity contribution in [2.24, 2.45) is 5.92 Å². The number of fused-ring (bicyclic) bond motifs is 4. The van der Waals surface area contributed by atoms with Gasteiger partial charge in [-0.3, -0.25) is 4.79 Å². The molecule has 2 amide bonds. The molecule has 2 aliphatic heterocycles. The monoisotopic (exact) mass is 450 g/mol. The first kappa shape index (κ1) is 20.6. The van der Waals surface area contributed by atoms with Crippen LogP contribution in [0.4, 0.5) is 16.2 Å². The SMILES string of the molecule is COc1ccc(NC(=O)N2CC3CC(C2)c2ccc(NCc4cccs4)c(=O)n2C3)cc1. The number of hydrogen-bond donors (Lipinski definition) is 2. The first-order valence-electron chi connectivity index (χ1n) is 10.8. The zero-order valence-electron chi connectivity index (χ0n) is 17.9. The maximum absolute atomic E-state index is 13.1. The molecule has 2 atom stereocenters. The van der Waals surface area contributed by atoms with Crippen molar-refractivity contribution in [2.45, 2.75) is 25.4 Å². The van der Waals surface area contributed by atoms with Crippen LogP contribution in [-0.4, -0.2) is 35.7 Å². The minimum atomic E-state index is -0.102. The molecule has 2 aromatic heterocycles. The summed E-state index contributed by atoms with van der Waals surface area (Å²) in [5.41, 5.74) is 2.43. The van der Waals surface area contributed by atoms with E-state index in [-0.39, 0.29) is 23.4 Å². The number of aromatic nitrogens is 1. The molecule has 7 nitrogen and oxygen atoms in total. The van der Waals surface area contributed by atoms with Crippen molar-refractivity contribution in [3.8, 4) is 5.75 Å². The van der Waals surface area contributed by atoms with Crippen LogP contribution in [-0.2, 0) is 13.1 Å². The van der Waals surface area contributed by atoms with Crippen molar-refractivity contribution in [1.29, 1.82) is 0 Å². The third-order valence-corrected chi connectivity index (χ3v) is 7.14. The van der Waals surface area contributed by atoms with E-state index in [2.05, 4.69) is 16.7 Å². The molecule has 166 valence electrons. The summed E-state index contributed by atoms with van der Waals surface area (Å²) < 4.78 is 7.08. The fraction of sp³-hybridized carbons (Fsp3) is 0.333. The maximum atomic E-state index is 13.1. The van der Waals surface area contributed by atoms with Crippen LogP contribution < -0.4 is 20.9 Å². The molecule has 4 heterocycles. The average molecular weight is 451 g/mol. The normalized spacial score (nSPS) is 19.2. The van der Waals surface area contributed by atoms with Crippen LogP contribution in [0.25, 0.3) is 0 Å². The molecular formula is C24H26N4O3S. The number of methoxy groups -OCH3 is 1. The van der Waals surface area contributed by atoms with Gasteiger partial charge in [0, 0.05) is 48.4 Å². The molecule has 2 unspecified atom stereocenters. The highest BCUT2D eigenvalue weighted by Gasteiger charge is 2.36. The first-order valence-corrected chi connectivity index (χ1v) is 11.7. The summed E-state index contributed by atoms with van der Waals surface area (Å²) in [7, 11) is 1.62. The number of rotatable bonds is 5. The van der Waals surface area contributed by atoms with Crippen molar-refractivity contribution in [2.75, 3.05) is 30.8 Å². The van der Waals surface area contributed by atoms with Gasteiger partial charge in [-0.1, -0.05) is 6.07 Å². The van der Waals surface area contributed by atoms with Gasteiger partial charge in [-0.25, -0.2) is 4.79 Å². The summed E-state index contributed by atoms with van der Waals surface area (Å²) in [5, 5.41) is 8.30. The van der Waals surface area contributed by atoms with Gasteiger partial charge in [0.25, 0.3) is 5.56 Å². The third kappa shape index (κ3) is 4.10. The van der Waals surface area contributed by atoms with Crippen LogP contribution in [0.15, 0.2) is 58.7 Å². The van der Waals surface area contributed by atoms with Crippen molar-refractivity contribution in [3.05, 3.63) is 74.8 Å². The number of urea groups is 1. The van der Waals surface area contributed by atoms with Crippen LogP contribution in [0, 0.1) is 5.92 Å². The van der Waals surface area contributed by atoms with Gasteiger partial charge in [0.05, 0.1) is 7.11 Å². The number of pyridine rings is 1. The molecule has 0 spiro atoms. The molecule has 0 radical (unpaired) electrons. The Hall–Kier alpha value is -3.26. The number of anilines is 2. The van der Waals surface area contributed by atoms with E-state index in [1.807, 2.05) is 57.3 Å². The van der Waals surface area contributed by atoms with Crippen LogP contribution in [0.2, 0.25) is 0 Å². The lowest BCUT2D eigenvalue weighted by Crippen LogP contribution is -2.50. The van der Waals surface area contributed by atoms with E-state index in [0.29, 0.717) is 31.9 Å². The Kier molecular flexibility index (Phi) is 5.61. The molecule has 0 saturated carbocycles. The Balaban J connectivity index is 1.29. The van der Waals surface area contributed by atoms with Gasteiger partial charge in [0.1, 0.15) is 11.4 Å². The number of ether oxygens (including phenoxy) is 1. The highest BCUT2D eigenvalue weighted by molar-refractivity contribution is 7.09. The summed E-state index contributed by atoms with van der Waals surface area (Å²) in [4.78, 5) is 29.1. The molecule has 3 aromatic rings. The predicted octanol–water partition coefficient (Wildman–Crippen LogP) is 4.18. The predicted molar refractivity (Wildman–Crippen MR) is 127 cm³/mol. The number of carbonyl (C=O) groups is 1. The summed E-state index contributed by atoms with van der Waals surface area (Å²) in [6.07, 6.45) is 1.01. The molecule has 1 fully saturated rings. The van der Waals surface area contributed by atoms with Crippen LogP contribution in [0.1, 0.15) is 22.9 Å². The first-order chi connectivity index (χ1) is 15.6. The molecule has 0 aliphatic carbocycles. The fourth-order valence-corrected chi connectivity index (χ4v) is 5.36. The number of amides is 2. The van der Waals surface area contributed by atoms with E-state index < -0.39 is 0 Å². The molecule has 1 saturated heterocycles. The van der Waals surface area contributed by atoms with E-state index >= 15 is 0 Å². The molecular weight excluding hydrogens is 424 g/mol. The molecule has 5 rings (SSSR count). The van der Waals surface area contributed by atoms with Gasteiger partial charge in [-0.15, -0.1) is 11.3 Å². The van der Waals surface area contributed by atoms with E-state index in [9.17, 15) is 9.59 Å². The van der Waals surface area contributed by atoms with Gasteiger partial charge >= 0.3 is 6.03 Å². The van der Waals surface area contributed by atoms with E-state index in [1.165, 1.54) is 4.88 Å². The second-order valence-electron chi connectivity index (χ2n) is 8.38. The van der Waals surface area contributed by atoms with Crippen LogP contribution in [0.3, 0.4) is 0 Å². The van der Waals surface area contributed by atoms with Crippen molar-refractivity contribution in [1.82, 2.24) is 9.47 Å². The van der Waals surface area contributed by atoms with Gasteiger partial charge < -0.3 is 24.8 Å². The lowest BCUT2D eigenvalue weighted by atomic mass is 9.83. The molecule has 2 N–H and O–H groups in total. The van der Waals surface area contributed by atoms with Crippen LogP contribution in [0.5, 0.6) is 5.75 Å². The van der Waals surface area contributed by atoms with Gasteiger partial charge in [0.15, 0.2) is 0 Å². The van der Waals surface area contributed by atoms with Crippen molar-refractivity contribution >= 4 is 28.7 Å². The molecule has 32 heavy (non-hydrogen) atoms. The number of thiophene rings is 1. The maximum Gasteiger partial charge on any atom is 0.321 e. The van der Waals surface area contributed by atoms with Gasteiger partial charge in [0.2, 0.25) is 0 Å². The van der Waals surface area contributed by atoms with E-state index in [0.717, 1.165) is 23.6 Å². The minimum absolute atomic E-state index is 0.0323. The Morgan fingerprint density at radius 2 is 1.97 bits per heavy atom. The standard InChI is InChI=1S/C24H26N4O3S/c1-31-19-6-4-18(5-7-19)26-24(30)27-13-16-11-17(15-27)22-9-8-21(23(29)28(22)14-16)25-12-20-3-2-10-32-20/h2-10,16-17,25H,11-15H2,1H3,(H,26,30). The number of benzene rings is 1. The van der Waals surface area contributed by atoms with Crippen molar-refractivity contribution in [3.63, 3.8) is 0 Å². The summed E-state index contributed by atoms with van der Waals surface area (Å²) in [5.74, 6) is 1.19. The molecule has 1 aromatic carbocycles. The fourth-order valence-electron chi connectivity index (χ4n) is 4.72. The topological polar surface area (TPSA) is 75.6 Å². The number of likely N-dealkylation sites (tertiary alicyclic amines) is 1. The Bertz CT molecular complexity index is 1160. The summed E-state index contributed by atoms with van der Waals surface area (Å²) in [6, 6.07) is 15.2. The quantitative estimate of drug-likeness (QED) is 0.612. The zero-order valence-corrected chi connectivity index (χ0v) is 18.7. The number of hydrogen-bond acceptors (Lipinski definition) is 5. The van der Waals surface area contributed by atoms with Gasteiger partial charge in [-0.2, -0.15) is 0 Å². The molecule has 2 aliphatic rings. The highest BCUT2D eigenvalue weighted by Crippen LogP contribution is 2.35. The minimum Gasteiger partial charge on any atom is -0.497 e. The van der Waals surface area contributed by atoms with E-state index in [4.69, 9.17) is 4.74 Å². The smallest absolute Gasteiger partial charge is 0.321 e. The second kappa shape index (κ2) is 8.70. The summed E-state index contributed by atoms with van der Waals surface area (Å²) in [6.45, 7) is 2.56. The van der Waals surface area contributed by atoms with E-state index in [1.54, 1.807) is 18.4 Å². The van der Waals surface area contributed by atoms with Gasteiger partial charge in [-0.05, 0) is 60.2 Å². The number of nitrogens with zero attached hydrogens (tertiary/aromatic N) is 2. The zero-order chi connectivity index (χ0) is 22.1. The average Bonchev–Trinajstić information content (AvgIpc) is 3.33. The molecule has 8 heteroatoms. The Morgan fingerprint density at radius 1 is 1.12 bits per heavy atom. The number of carbonyl (C=O) groups excluding carboxylic acids is 1. The largest absolute Gasteiger partial charge is 0.497 e. The third-order valence-electron chi connectivity index (χ3n) is 6.27. The number of piperidine rings is 1. The Morgan fingerprint density at radius 3 is 2.72 bits per heavy atom. The number of nitrogens with one attached hydrogen (secondary N) is 2. The second-order valence-corrected chi connectivity index (χ2v) is 9.42.